The Kier molecular flexibility index (Phi) is 5.37. The minimum atomic E-state index is -0.313. The van der Waals surface area contributed by atoms with Gasteiger partial charge in [0.05, 0.1) is 5.69 Å². The summed E-state index contributed by atoms with van der Waals surface area (Å²) in [5.74, 6) is 0.139. The fourth-order valence-electron chi connectivity index (χ4n) is 2.76. The molecule has 1 N–H and O–H groups in total. The molecule has 0 saturated heterocycles. The molecule has 7 nitrogen and oxygen atoms in total. The van der Waals surface area contributed by atoms with Crippen molar-refractivity contribution >= 4 is 28.6 Å². The van der Waals surface area contributed by atoms with Gasteiger partial charge in [-0.3, -0.25) is 14.2 Å². The number of nitrogens with zero attached hydrogens (tertiary/aromatic N) is 3. The Bertz CT molecular complexity index is 1010. The van der Waals surface area contributed by atoms with Crippen LogP contribution in [0.15, 0.2) is 33.6 Å². The van der Waals surface area contributed by atoms with Crippen LogP contribution in [-0.4, -0.2) is 27.2 Å². The molecule has 3 rings (SSSR count). The van der Waals surface area contributed by atoms with Gasteiger partial charge in [0, 0.05) is 11.6 Å². The van der Waals surface area contributed by atoms with E-state index in [0.717, 1.165) is 5.56 Å². The highest BCUT2D eigenvalue weighted by Crippen LogP contribution is 2.15. The quantitative estimate of drug-likeness (QED) is 0.714. The Labute approximate surface area is 155 Å². The van der Waals surface area contributed by atoms with Crippen molar-refractivity contribution in [1.29, 1.82) is 0 Å². The smallest absolute Gasteiger partial charge is 0.267 e. The number of benzene rings is 1. The standard InChI is InChI=1S/C18H19ClN4O3/c1-3-14-16-17(26-22-14)21-11(2)23(18(16)25)10-15(24)20-9-8-12-6-4-5-7-13(12)19/h4-7H,3,8-10H2,1-2H3,(H,20,24). The van der Waals surface area contributed by atoms with Gasteiger partial charge in [0.25, 0.3) is 11.3 Å². The number of aromatic nitrogens is 3. The third kappa shape index (κ3) is 3.62. The lowest BCUT2D eigenvalue weighted by Crippen LogP contribution is -2.35. The summed E-state index contributed by atoms with van der Waals surface area (Å²) < 4.78 is 6.44. The molecule has 0 unspecified atom stereocenters. The number of fused-ring (bicyclic) bond motifs is 1. The summed E-state index contributed by atoms with van der Waals surface area (Å²) >= 11 is 6.10. The van der Waals surface area contributed by atoms with Crippen molar-refractivity contribution in [2.24, 2.45) is 0 Å². The number of carbonyl (C=O) groups excluding carboxylic acids is 1. The van der Waals surface area contributed by atoms with Gasteiger partial charge in [0.15, 0.2) is 0 Å². The van der Waals surface area contributed by atoms with Crippen molar-refractivity contribution in [3.05, 3.63) is 56.7 Å². The van der Waals surface area contributed by atoms with Crippen LogP contribution in [-0.2, 0) is 24.2 Å². The van der Waals surface area contributed by atoms with Crippen LogP contribution in [0.4, 0.5) is 0 Å². The molecule has 136 valence electrons. The van der Waals surface area contributed by atoms with E-state index in [0.29, 0.717) is 41.3 Å². The van der Waals surface area contributed by atoms with E-state index in [2.05, 4.69) is 15.5 Å². The molecule has 2 aromatic heterocycles. The van der Waals surface area contributed by atoms with E-state index in [4.69, 9.17) is 16.1 Å². The maximum atomic E-state index is 12.7. The van der Waals surface area contributed by atoms with Gasteiger partial charge in [-0.1, -0.05) is 41.9 Å². The predicted molar refractivity (Wildman–Crippen MR) is 98.3 cm³/mol. The molecule has 3 aromatic rings. The Morgan fingerprint density at radius 1 is 1.35 bits per heavy atom. The molecule has 0 aliphatic heterocycles. The number of amides is 1. The first-order valence-corrected chi connectivity index (χ1v) is 8.74. The van der Waals surface area contributed by atoms with Crippen LogP contribution in [0.1, 0.15) is 24.0 Å². The van der Waals surface area contributed by atoms with Crippen molar-refractivity contribution in [2.75, 3.05) is 6.54 Å². The summed E-state index contributed by atoms with van der Waals surface area (Å²) in [7, 11) is 0. The Morgan fingerprint density at radius 2 is 2.12 bits per heavy atom. The van der Waals surface area contributed by atoms with E-state index in [1.807, 2.05) is 31.2 Å². The van der Waals surface area contributed by atoms with E-state index >= 15 is 0 Å². The number of aryl methyl sites for hydroxylation is 2. The SMILES string of the molecule is CCc1noc2nc(C)n(CC(=O)NCCc3ccccc3Cl)c(=O)c12. The van der Waals surface area contributed by atoms with Crippen LogP contribution >= 0.6 is 11.6 Å². The molecule has 0 saturated carbocycles. The lowest BCUT2D eigenvalue weighted by molar-refractivity contribution is -0.121. The summed E-state index contributed by atoms with van der Waals surface area (Å²) in [6.07, 6.45) is 1.17. The molecule has 0 atom stereocenters. The molecule has 0 spiro atoms. The van der Waals surface area contributed by atoms with Gasteiger partial charge in [0.1, 0.15) is 17.8 Å². The van der Waals surface area contributed by atoms with Gasteiger partial charge >= 0.3 is 0 Å². The second kappa shape index (κ2) is 7.70. The normalized spacial score (nSPS) is 11.0. The van der Waals surface area contributed by atoms with Crippen LogP contribution in [0, 0.1) is 6.92 Å². The van der Waals surface area contributed by atoms with Crippen LogP contribution in [0.25, 0.3) is 11.1 Å². The molecular formula is C18H19ClN4O3. The molecule has 1 aromatic carbocycles. The fourth-order valence-corrected chi connectivity index (χ4v) is 2.99. The highest BCUT2D eigenvalue weighted by Gasteiger charge is 2.17. The second-order valence-electron chi connectivity index (χ2n) is 5.90. The first-order valence-electron chi connectivity index (χ1n) is 8.37. The molecule has 0 radical (unpaired) electrons. The number of nitrogens with one attached hydrogen (secondary N) is 1. The fraction of sp³-hybridized carbons (Fsp3) is 0.333. The lowest BCUT2D eigenvalue weighted by Gasteiger charge is -2.10. The van der Waals surface area contributed by atoms with Crippen molar-refractivity contribution in [1.82, 2.24) is 20.0 Å². The van der Waals surface area contributed by atoms with Crippen molar-refractivity contribution in [2.45, 2.75) is 33.2 Å². The van der Waals surface area contributed by atoms with Crippen LogP contribution in [0.2, 0.25) is 5.02 Å². The van der Waals surface area contributed by atoms with Gasteiger partial charge in [0.2, 0.25) is 5.91 Å². The van der Waals surface area contributed by atoms with Gasteiger partial charge in [-0.25, -0.2) is 0 Å². The maximum Gasteiger partial charge on any atom is 0.267 e. The summed E-state index contributed by atoms with van der Waals surface area (Å²) in [5.41, 5.74) is 1.40. The molecule has 0 bridgehead atoms. The first-order chi connectivity index (χ1) is 12.5. The summed E-state index contributed by atoms with van der Waals surface area (Å²) in [6, 6.07) is 7.49. The number of rotatable bonds is 6. The van der Waals surface area contributed by atoms with Crippen LogP contribution < -0.4 is 10.9 Å². The highest BCUT2D eigenvalue weighted by atomic mass is 35.5. The van der Waals surface area contributed by atoms with Crippen LogP contribution in [0.3, 0.4) is 0 Å². The Hall–Kier alpha value is -2.67. The topological polar surface area (TPSA) is 90.0 Å². The average Bonchev–Trinajstić information content (AvgIpc) is 3.03. The molecule has 0 aliphatic carbocycles. The molecular weight excluding hydrogens is 356 g/mol. The van der Waals surface area contributed by atoms with Crippen LogP contribution in [0.5, 0.6) is 0 Å². The lowest BCUT2D eigenvalue weighted by atomic mass is 10.1. The summed E-state index contributed by atoms with van der Waals surface area (Å²) in [4.78, 5) is 29.2. The van der Waals surface area contributed by atoms with E-state index in [9.17, 15) is 9.59 Å². The maximum absolute atomic E-state index is 12.7. The molecule has 8 heteroatoms. The number of carbonyl (C=O) groups is 1. The zero-order chi connectivity index (χ0) is 18.7. The zero-order valence-electron chi connectivity index (χ0n) is 14.6. The number of hydrogen-bond acceptors (Lipinski definition) is 5. The molecule has 0 aliphatic rings. The molecule has 1 amide bonds. The van der Waals surface area contributed by atoms with E-state index in [1.165, 1.54) is 4.57 Å². The third-order valence-corrected chi connectivity index (χ3v) is 4.54. The Morgan fingerprint density at radius 3 is 2.85 bits per heavy atom. The second-order valence-corrected chi connectivity index (χ2v) is 6.31. The van der Waals surface area contributed by atoms with E-state index in [1.54, 1.807) is 6.92 Å². The van der Waals surface area contributed by atoms with E-state index < -0.39 is 0 Å². The van der Waals surface area contributed by atoms with Crippen molar-refractivity contribution in [3.8, 4) is 0 Å². The van der Waals surface area contributed by atoms with Crippen molar-refractivity contribution < 1.29 is 9.32 Å². The van der Waals surface area contributed by atoms with Gasteiger partial charge in [-0.2, -0.15) is 4.98 Å². The van der Waals surface area contributed by atoms with Gasteiger partial charge in [-0.05, 0) is 31.4 Å². The number of hydrogen-bond donors (Lipinski definition) is 1. The van der Waals surface area contributed by atoms with Gasteiger partial charge < -0.3 is 9.84 Å². The highest BCUT2D eigenvalue weighted by molar-refractivity contribution is 6.31. The van der Waals surface area contributed by atoms with E-state index in [-0.39, 0.29) is 23.7 Å². The van der Waals surface area contributed by atoms with Gasteiger partial charge in [-0.15, -0.1) is 0 Å². The summed E-state index contributed by atoms with van der Waals surface area (Å²) in [5, 5.41) is 7.68. The van der Waals surface area contributed by atoms with Crippen molar-refractivity contribution in [3.63, 3.8) is 0 Å². The Balaban J connectivity index is 1.71. The molecule has 26 heavy (non-hydrogen) atoms. The largest absolute Gasteiger partial charge is 0.354 e. The zero-order valence-corrected chi connectivity index (χ0v) is 15.3. The molecule has 2 heterocycles. The minimum absolute atomic E-state index is 0.107. The average molecular weight is 375 g/mol. The summed E-state index contributed by atoms with van der Waals surface area (Å²) in [6.45, 7) is 3.86. The third-order valence-electron chi connectivity index (χ3n) is 4.17. The predicted octanol–water partition coefficient (Wildman–Crippen LogP) is 2.27. The number of halogens is 1. The minimum Gasteiger partial charge on any atom is -0.354 e. The monoisotopic (exact) mass is 374 g/mol. The first kappa shape index (κ1) is 18.1. The molecule has 0 fully saturated rings.